The molecule has 4 rings (SSSR count). The Morgan fingerprint density at radius 2 is 1.85 bits per heavy atom. The first-order valence-electron chi connectivity index (χ1n) is 10.5. The van der Waals surface area contributed by atoms with Gasteiger partial charge in [-0.2, -0.15) is 0 Å². The summed E-state index contributed by atoms with van der Waals surface area (Å²) in [6.07, 6.45) is 9.14. The van der Waals surface area contributed by atoms with Crippen LogP contribution in [-0.4, -0.2) is 24.9 Å². The van der Waals surface area contributed by atoms with E-state index in [1.807, 2.05) is 74.1 Å². The minimum absolute atomic E-state index is 0.507. The van der Waals surface area contributed by atoms with Crippen molar-refractivity contribution in [2.24, 2.45) is 0 Å². The average molecular weight is 453 g/mol. The molecule has 0 unspecified atom stereocenters. The molecular formula is C26H24N6S. The van der Waals surface area contributed by atoms with Crippen molar-refractivity contribution in [1.29, 1.82) is 0 Å². The first-order valence-corrected chi connectivity index (χ1v) is 11.4. The number of thioether (sulfide) groups is 1. The van der Waals surface area contributed by atoms with Gasteiger partial charge in [0.25, 0.3) is 0 Å². The van der Waals surface area contributed by atoms with Crippen LogP contribution in [0.2, 0.25) is 0 Å². The van der Waals surface area contributed by atoms with Gasteiger partial charge in [0.2, 0.25) is 0 Å². The van der Waals surface area contributed by atoms with Crippen LogP contribution in [-0.2, 0) is 6.54 Å². The third kappa shape index (κ3) is 5.90. The van der Waals surface area contributed by atoms with E-state index in [1.165, 1.54) is 0 Å². The Bertz CT molecular complexity index is 1270. The summed E-state index contributed by atoms with van der Waals surface area (Å²) in [5.74, 6) is 1.34. The maximum absolute atomic E-state index is 4.83. The van der Waals surface area contributed by atoms with E-state index >= 15 is 0 Å². The minimum atomic E-state index is 0.507. The first-order chi connectivity index (χ1) is 16.1. The van der Waals surface area contributed by atoms with E-state index < -0.39 is 0 Å². The van der Waals surface area contributed by atoms with Crippen LogP contribution in [0.25, 0.3) is 27.6 Å². The van der Waals surface area contributed by atoms with Crippen LogP contribution in [0.4, 0.5) is 5.82 Å². The van der Waals surface area contributed by atoms with Crippen LogP contribution in [0, 0.1) is 6.92 Å². The largest absolute Gasteiger partial charge is 0.364 e. The summed E-state index contributed by atoms with van der Waals surface area (Å²) in [7, 11) is 0. The van der Waals surface area contributed by atoms with Gasteiger partial charge < -0.3 is 5.32 Å². The second kappa shape index (κ2) is 10.7. The van der Waals surface area contributed by atoms with E-state index in [0.29, 0.717) is 18.2 Å². The molecule has 0 aliphatic carbocycles. The molecule has 1 aromatic carbocycles. The molecule has 0 amide bonds. The van der Waals surface area contributed by atoms with E-state index in [-0.39, 0.29) is 0 Å². The SMILES string of the molecule is C=C(S/C=C\C)c1cncc(-c2cc(NCc3cnc(C)cn3)nc(-c3ccccc3)n2)c1. The van der Waals surface area contributed by atoms with Crippen molar-refractivity contribution in [1.82, 2.24) is 24.9 Å². The number of aryl methyl sites for hydroxylation is 1. The van der Waals surface area contributed by atoms with Crippen molar-refractivity contribution in [2.45, 2.75) is 20.4 Å². The van der Waals surface area contributed by atoms with Crippen molar-refractivity contribution in [3.05, 3.63) is 102 Å². The van der Waals surface area contributed by atoms with Crippen molar-refractivity contribution in [2.75, 3.05) is 5.32 Å². The summed E-state index contributed by atoms with van der Waals surface area (Å²) >= 11 is 1.57. The second-order valence-electron chi connectivity index (χ2n) is 7.30. The molecule has 164 valence electrons. The molecule has 3 heterocycles. The fourth-order valence-corrected chi connectivity index (χ4v) is 3.59. The topological polar surface area (TPSA) is 76.5 Å². The number of anilines is 1. The number of nitrogens with one attached hydrogen (secondary N) is 1. The van der Waals surface area contributed by atoms with Crippen LogP contribution in [0.3, 0.4) is 0 Å². The van der Waals surface area contributed by atoms with E-state index in [0.717, 1.165) is 38.7 Å². The van der Waals surface area contributed by atoms with Crippen LogP contribution >= 0.6 is 11.8 Å². The molecule has 33 heavy (non-hydrogen) atoms. The van der Waals surface area contributed by atoms with E-state index in [1.54, 1.807) is 24.2 Å². The van der Waals surface area contributed by atoms with Crippen LogP contribution in [0.1, 0.15) is 23.9 Å². The Kier molecular flexibility index (Phi) is 7.22. The number of hydrogen-bond donors (Lipinski definition) is 1. The Balaban J connectivity index is 1.69. The highest BCUT2D eigenvalue weighted by atomic mass is 32.2. The molecule has 0 aliphatic rings. The maximum atomic E-state index is 4.83. The van der Waals surface area contributed by atoms with Gasteiger partial charge in [0.05, 0.1) is 29.8 Å². The van der Waals surface area contributed by atoms with E-state index in [9.17, 15) is 0 Å². The highest BCUT2D eigenvalue weighted by Gasteiger charge is 2.11. The molecule has 0 aliphatic heterocycles. The van der Waals surface area contributed by atoms with Gasteiger partial charge in [-0.1, -0.05) is 54.7 Å². The number of pyridine rings is 1. The molecule has 0 spiro atoms. The summed E-state index contributed by atoms with van der Waals surface area (Å²) in [5, 5.41) is 5.36. The number of benzene rings is 1. The lowest BCUT2D eigenvalue weighted by molar-refractivity contribution is 0.974. The Hall–Kier alpha value is -3.84. The molecule has 0 saturated carbocycles. The Morgan fingerprint density at radius 1 is 1.00 bits per heavy atom. The fraction of sp³-hybridized carbons (Fsp3) is 0.115. The Labute approximate surface area is 198 Å². The van der Waals surface area contributed by atoms with Crippen LogP contribution < -0.4 is 5.32 Å². The molecule has 0 radical (unpaired) electrons. The number of hydrogen-bond acceptors (Lipinski definition) is 7. The lowest BCUT2D eigenvalue weighted by Gasteiger charge is -2.11. The molecule has 3 aromatic heterocycles. The predicted molar refractivity (Wildman–Crippen MR) is 136 cm³/mol. The molecule has 0 atom stereocenters. The van der Waals surface area contributed by atoms with Gasteiger partial charge in [-0.05, 0) is 25.3 Å². The second-order valence-corrected chi connectivity index (χ2v) is 8.30. The van der Waals surface area contributed by atoms with Crippen molar-refractivity contribution in [3.8, 4) is 22.6 Å². The zero-order valence-electron chi connectivity index (χ0n) is 18.6. The molecule has 1 N–H and O–H groups in total. The fourth-order valence-electron chi connectivity index (χ4n) is 3.04. The summed E-state index contributed by atoms with van der Waals surface area (Å²) in [5.41, 5.74) is 5.29. The normalized spacial score (nSPS) is 11.0. The Morgan fingerprint density at radius 3 is 2.61 bits per heavy atom. The van der Waals surface area contributed by atoms with Gasteiger partial charge in [0, 0.05) is 46.3 Å². The van der Waals surface area contributed by atoms with Gasteiger partial charge in [-0.3, -0.25) is 15.0 Å². The van der Waals surface area contributed by atoms with E-state index in [2.05, 4.69) is 32.9 Å². The summed E-state index contributed by atoms with van der Waals surface area (Å²) in [6.45, 7) is 8.57. The highest BCUT2D eigenvalue weighted by Crippen LogP contribution is 2.30. The predicted octanol–water partition coefficient (Wildman–Crippen LogP) is 6.15. The number of rotatable bonds is 8. The molecule has 4 aromatic rings. The van der Waals surface area contributed by atoms with Crippen molar-refractivity contribution in [3.63, 3.8) is 0 Å². The summed E-state index contributed by atoms with van der Waals surface area (Å²) < 4.78 is 0. The van der Waals surface area contributed by atoms with Crippen molar-refractivity contribution < 1.29 is 0 Å². The third-order valence-corrected chi connectivity index (χ3v) is 5.67. The van der Waals surface area contributed by atoms with Gasteiger partial charge in [-0.15, -0.1) is 0 Å². The zero-order valence-corrected chi connectivity index (χ0v) is 19.4. The van der Waals surface area contributed by atoms with Crippen molar-refractivity contribution >= 4 is 22.5 Å². The smallest absolute Gasteiger partial charge is 0.162 e. The molecule has 0 fully saturated rings. The monoisotopic (exact) mass is 452 g/mol. The quantitative estimate of drug-likeness (QED) is 0.343. The molecular weight excluding hydrogens is 428 g/mol. The summed E-state index contributed by atoms with van der Waals surface area (Å²) in [6, 6.07) is 13.9. The van der Waals surface area contributed by atoms with Gasteiger partial charge >= 0.3 is 0 Å². The average Bonchev–Trinajstić information content (AvgIpc) is 2.87. The van der Waals surface area contributed by atoms with E-state index in [4.69, 9.17) is 9.97 Å². The molecule has 7 heteroatoms. The standard InChI is InChI=1S/C26H24N6S/c1-4-10-33-19(3)21-11-22(15-27-14-21)24-12-25(30-17-23-16-28-18(2)13-29-23)32-26(31-24)20-8-6-5-7-9-20/h4-16H,3,17H2,1-2H3,(H,30,31,32)/b10-4-. The number of aromatic nitrogens is 5. The molecule has 0 bridgehead atoms. The minimum Gasteiger partial charge on any atom is -0.364 e. The molecule has 6 nitrogen and oxygen atoms in total. The summed E-state index contributed by atoms with van der Waals surface area (Å²) in [4.78, 5) is 23.6. The lowest BCUT2D eigenvalue weighted by Crippen LogP contribution is -2.06. The number of nitrogens with zero attached hydrogens (tertiary/aromatic N) is 5. The number of allylic oxidation sites excluding steroid dienone is 1. The van der Waals surface area contributed by atoms with Gasteiger partial charge in [0.1, 0.15) is 5.82 Å². The van der Waals surface area contributed by atoms with Crippen LogP contribution in [0.5, 0.6) is 0 Å². The maximum Gasteiger partial charge on any atom is 0.162 e. The van der Waals surface area contributed by atoms with Crippen LogP contribution in [0.15, 0.2) is 85.3 Å². The van der Waals surface area contributed by atoms with Gasteiger partial charge in [0.15, 0.2) is 5.82 Å². The third-order valence-electron chi connectivity index (χ3n) is 4.75. The molecule has 0 saturated heterocycles. The first kappa shape index (κ1) is 22.4. The highest BCUT2D eigenvalue weighted by molar-refractivity contribution is 8.10. The zero-order chi connectivity index (χ0) is 23.0. The van der Waals surface area contributed by atoms with Gasteiger partial charge in [-0.25, -0.2) is 9.97 Å². The lowest BCUT2D eigenvalue weighted by atomic mass is 10.1.